The van der Waals surface area contributed by atoms with Crippen LogP contribution in [0.3, 0.4) is 0 Å². The molecule has 0 radical (unpaired) electrons. The number of aryl methyl sites for hydroxylation is 2. The molecule has 1 saturated heterocycles. The van der Waals surface area contributed by atoms with E-state index in [1.807, 2.05) is 24.0 Å². The number of carbonyl (C=O) groups excluding carboxylic acids is 2. The Morgan fingerprint density at radius 1 is 1.42 bits per heavy atom. The number of hydrogen-bond acceptors (Lipinski definition) is 5. The molecule has 1 aliphatic carbocycles. The van der Waals surface area contributed by atoms with Gasteiger partial charge < -0.3 is 14.7 Å². The highest BCUT2D eigenvalue weighted by Gasteiger charge is 2.48. The highest BCUT2D eigenvalue weighted by Crippen LogP contribution is 2.41. The quantitative estimate of drug-likeness (QED) is 0.889. The Bertz CT molecular complexity index is 829. The molecule has 136 valence electrons. The summed E-state index contributed by atoms with van der Waals surface area (Å²) in [6.07, 6.45) is 6.42. The van der Waals surface area contributed by atoms with Crippen molar-refractivity contribution < 1.29 is 14.1 Å². The lowest BCUT2D eigenvalue weighted by molar-refractivity contribution is -0.129. The van der Waals surface area contributed by atoms with E-state index in [0.29, 0.717) is 29.9 Å². The minimum Gasteiger partial charge on any atom is -0.360 e. The Labute approximate surface area is 151 Å². The van der Waals surface area contributed by atoms with Gasteiger partial charge in [0.15, 0.2) is 0 Å². The summed E-state index contributed by atoms with van der Waals surface area (Å²) in [5, 5.41) is 6.96. The van der Waals surface area contributed by atoms with Crippen LogP contribution in [-0.2, 0) is 11.2 Å². The smallest absolute Gasteiger partial charge is 0.257 e. The van der Waals surface area contributed by atoms with E-state index in [9.17, 15) is 9.59 Å². The largest absolute Gasteiger partial charge is 0.360 e. The van der Waals surface area contributed by atoms with Gasteiger partial charge in [0.25, 0.3) is 5.91 Å². The lowest BCUT2D eigenvalue weighted by Gasteiger charge is -2.28. The van der Waals surface area contributed by atoms with Crippen molar-refractivity contribution in [3.63, 3.8) is 0 Å². The Morgan fingerprint density at radius 2 is 2.23 bits per heavy atom. The molecule has 0 unspecified atom stereocenters. The van der Waals surface area contributed by atoms with Gasteiger partial charge in [-0.3, -0.25) is 14.6 Å². The summed E-state index contributed by atoms with van der Waals surface area (Å²) >= 11 is 0. The molecule has 2 amide bonds. The number of pyridine rings is 1. The molecule has 7 nitrogen and oxygen atoms in total. The molecule has 1 saturated carbocycles. The minimum atomic E-state index is -0.293. The number of nitrogens with zero attached hydrogens (tertiary/aromatic N) is 3. The first-order chi connectivity index (χ1) is 12.6. The van der Waals surface area contributed by atoms with Gasteiger partial charge in [-0.15, -0.1) is 0 Å². The number of amides is 2. The van der Waals surface area contributed by atoms with Crippen LogP contribution in [0.2, 0.25) is 0 Å². The van der Waals surface area contributed by atoms with E-state index in [-0.39, 0.29) is 29.9 Å². The van der Waals surface area contributed by atoms with Crippen LogP contribution < -0.4 is 5.32 Å². The first-order valence-corrected chi connectivity index (χ1v) is 9.07. The second-order valence-corrected chi connectivity index (χ2v) is 6.97. The molecule has 2 atom stereocenters. The van der Waals surface area contributed by atoms with Crippen molar-refractivity contribution in [3.8, 4) is 0 Å². The molecule has 2 aromatic heterocycles. The van der Waals surface area contributed by atoms with Crippen molar-refractivity contribution in [3.05, 3.63) is 47.1 Å². The van der Waals surface area contributed by atoms with E-state index >= 15 is 0 Å². The van der Waals surface area contributed by atoms with E-state index in [1.54, 1.807) is 19.3 Å². The van der Waals surface area contributed by atoms with Gasteiger partial charge in [-0.2, -0.15) is 0 Å². The summed E-state index contributed by atoms with van der Waals surface area (Å²) < 4.78 is 5.23. The van der Waals surface area contributed by atoms with Gasteiger partial charge in [0, 0.05) is 31.3 Å². The van der Waals surface area contributed by atoms with Crippen LogP contribution in [0.4, 0.5) is 0 Å². The summed E-state index contributed by atoms with van der Waals surface area (Å²) in [5.41, 5.74) is 2.00. The molecule has 2 aromatic rings. The van der Waals surface area contributed by atoms with Gasteiger partial charge >= 0.3 is 0 Å². The molecule has 0 spiro atoms. The van der Waals surface area contributed by atoms with E-state index in [2.05, 4.69) is 15.5 Å². The zero-order valence-electron chi connectivity index (χ0n) is 14.9. The van der Waals surface area contributed by atoms with Gasteiger partial charge in [-0.05, 0) is 31.4 Å². The van der Waals surface area contributed by atoms with Gasteiger partial charge in [0.1, 0.15) is 11.3 Å². The predicted octanol–water partition coefficient (Wildman–Crippen LogP) is 2.17. The van der Waals surface area contributed by atoms with Gasteiger partial charge in [0.2, 0.25) is 5.91 Å². The Kier molecular flexibility index (Phi) is 4.22. The summed E-state index contributed by atoms with van der Waals surface area (Å²) in [6, 6.07) is 3.63. The summed E-state index contributed by atoms with van der Waals surface area (Å²) in [5.74, 6) is 0.427. The molecule has 2 fully saturated rings. The molecule has 1 aliphatic heterocycles. The van der Waals surface area contributed by atoms with E-state index in [1.165, 1.54) is 0 Å². The third-order valence-corrected chi connectivity index (χ3v) is 5.13. The summed E-state index contributed by atoms with van der Waals surface area (Å²) in [6.45, 7) is 3.68. The number of aromatic nitrogens is 2. The Morgan fingerprint density at radius 3 is 2.88 bits per heavy atom. The van der Waals surface area contributed by atoms with Gasteiger partial charge in [-0.1, -0.05) is 18.1 Å². The SMILES string of the molecule is CCc1onc(C)c1C(=O)N[C@@H]1CC(=O)N(C2CC2)[C@H]1c1cccnc1. The predicted molar refractivity (Wildman–Crippen MR) is 93.3 cm³/mol. The zero-order chi connectivity index (χ0) is 18.3. The number of likely N-dealkylation sites (tertiary alicyclic amines) is 1. The number of carbonyl (C=O) groups is 2. The van der Waals surface area contributed by atoms with Crippen LogP contribution in [0.1, 0.15) is 59.6 Å². The first-order valence-electron chi connectivity index (χ1n) is 9.07. The van der Waals surface area contributed by atoms with Gasteiger partial charge in [0.05, 0.1) is 17.8 Å². The van der Waals surface area contributed by atoms with Crippen molar-refractivity contribution >= 4 is 11.8 Å². The van der Waals surface area contributed by atoms with Crippen molar-refractivity contribution in [2.24, 2.45) is 0 Å². The van der Waals surface area contributed by atoms with Crippen molar-refractivity contribution in [2.75, 3.05) is 0 Å². The maximum atomic E-state index is 12.9. The highest BCUT2D eigenvalue weighted by atomic mass is 16.5. The maximum Gasteiger partial charge on any atom is 0.257 e. The third-order valence-electron chi connectivity index (χ3n) is 5.13. The van der Waals surface area contributed by atoms with Crippen LogP contribution >= 0.6 is 0 Å². The van der Waals surface area contributed by atoms with Crippen LogP contribution in [-0.4, -0.2) is 38.9 Å². The first kappa shape index (κ1) is 16.8. The fourth-order valence-electron chi connectivity index (χ4n) is 3.80. The topological polar surface area (TPSA) is 88.3 Å². The lowest BCUT2D eigenvalue weighted by Crippen LogP contribution is -2.40. The average Bonchev–Trinajstić information content (AvgIpc) is 3.33. The molecule has 26 heavy (non-hydrogen) atoms. The molecular weight excluding hydrogens is 332 g/mol. The zero-order valence-corrected chi connectivity index (χ0v) is 14.9. The van der Waals surface area contributed by atoms with E-state index in [0.717, 1.165) is 18.4 Å². The maximum absolute atomic E-state index is 12.9. The molecule has 4 rings (SSSR count). The minimum absolute atomic E-state index is 0.0874. The molecule has 7 heteroatoms. The van der Waals surface area contributed by atoms with Gasteiger partial charge in [-0.25, -0.2) is 0 Å². The molecule has 0 aromatic carbocycles. The monoisotopic (exact) mass is 354 g/mol. The average molecular weight is 354 g/mol. The van der Waals surface area contributed by atoms with E-state index < -0.39 is 0 Å². The normalized spacial score (nSPS) is 22.7. The second-order valence-electron chi connectivity index (χ2n) is 6.97. The Balaban J connectivity index is 1.63. The molecular formula is C19H22N4O3. The van der Waals surface area contributed by atoms with Crippen LogP contribution in [0.15, 0.2) is 29.0 Å². The molecule has 2 aliphatic rings. The van der Waals surface area contributed by atoms with Crippen LogP contribution in [0.25, 0.3) is 0 Å². The highest BCUT2D eigenvalue weighted by molar-refractivity contribution is 5.97. The lowest BCUT2D eigenvalue weighted by atomic mass is 10.0. The number of hydrogen-bond donors (Lipinski definition) is 1. The van der Waals surface area contributed by atoms with Crippen molar-refractivity contribution in [2.45, 2.75) is 57.7 Å². The number of nitrogens with one attached hydrogen (secondary N) is 1. The summed E-state index contributed by atoms with van der Waals surface area (Å²) in [4.78, 5) is 31.6. The van der Waals surface area contributed by atoms with E-state index in [4.69, 9.17) is 4.52 Å². The van der Waals surface area contributed by atoms with Crippen LogP contribution in [0, 0.1) is 6.92 Å². The fourth-order valence-corrected chi connectivity index (χ4v) is 3.80. The van der Waals surface area contributed by atoms with Crippen LogP contribution in [0.5, 0.6) is 0 Å². The standard InChI is InChI=1S/C19H22N4O3/c1-3-15-17(11(2)22-26-15)19(25)21-14-9-16(24)23(13-6-7-13)18(14)12-5-4-8-20-10-12/h4-5,8,10,13-14,18H,3,6-7,9H2,1-2H3,(H,21,25)/t14-,18+/m1/s1. The Hall–Kier alpha value is -2.70. The molecule has 3 heterocycles. The fraction of sp³-hybridized carbons (Fsp3) is 0.474. The number of rotatable bonds is 5. The molecule has 1 N–H and O–H groups in total. The summed E-state index contributed by atoms with van der Waals surface area (Å²) in [7, 11) is 0. The van der Waals surface area contributed by atoms with Crippen molar-refractivity contribution in [1.29, 1.82) is 0 Å². The second kappa shape index (κ2) is 6.55. The van der Waals surface area contributed by atoms with Crippen molar-refractivity contribution in [1.82, 2.24) is 20.4 Å². The third kappa shape index (κ3) is 2.87. The molecule has 0 bridgehead atoms.